The fourth-order valence-electron chi connectivity index (χ4n) is 2.71. The summed E-state index contributed by atoms with van der Waals surface area (Å²) in [6, 6.07) is 10.1. The molecule has 3 nitrogen and oxygen atoms in total. The molecule has 110 valence electrons. The van der Waals surface area contributed by atoms with Crippen LogP contribution in [0.15, 0.2) is 30.3 Å². The predicted octanol–water partition coefficient (Wildman–Crippen LogP) is 3.24. The molecule has 0 saturated carbocycles. The second-order valence-electron chi connectivity index (χ2n) is 6.82. The van der Waals surface area contributed by atoms with E-state index in [1.165, 1.54) is 0 Å². The first-order valence-corrected chi connectivity index (χ1v) is 7.39. The molecule has 1 saturated heterocycles. The highest BCUT2D eigenvalue weighted by molar-refractivity contribution is 5.71. The highest BCUT2D eigenvalue weighted by Crippen LogP contribution is 2.36. The second-order valence-corrected chi connectivity index (χ2v) is 6.82. The van der Waals surface area contributed by atoms with Gasteiger partial charge in [-0.3, -0.25) is 4.79 Å². The van der Waals surface area contributed by atoms with Gasteiger partial charge >= 0.3 is 5.97 Å². The molecule has 0 spiro atoms. The number of hydrogen-bond donors (Lipinski definition) is 1. The molecule has 3 heteroatoms. The SMILES string of the molecule is CC(C)(C)CC(=O)OC1(c2ccccc2)CCNCC1. The summed E-state index contributed by atoms with van der Waals surface area (Å²) in [6.07, 6.45) is 2.13. The molecule has 1 aliphatic rings. The van der Waals surface area contributed by atoms with Crippen LogP contribution in [0.5, 0.6) is 0 Å². The molecular weight excluding hydrogens is 250 g/mol. The topological polar surface area (TPSA) is 38.3 Å². The van der Waals surface area contributed by atoms with E-state index in [0.717, 1.165) is 31.5 Å². The standard InChI is InChI=1S/C17H25NO2/c1-16(2,3)13-15(19)20-17(9-11-18-12-10-17)14-7-5-4-6-8-14/h4-8,18H,9-13H2,1-3H3. The fourth-order valence-corrected chi connectivity index (χ4v) is 2.71. The van der Waals surface area contributed by atoms with E-state index in [-0.39, 0.29) is 11.4 Å². The van der Waals surface area contributed by atoms with E-state index in [0.29, 0.717) is 6.42 Å². The van der Waals surface area contributed by atoms with Crippen molar-refractivity contribution in [2.24, 2.45) is 5.41 Å². The van der Waals surface area contributed by atoms with Gasteiger partial charge in [0.2, 0.25) is 0 Å². The Morgan fingerprint density at radius 3 is 2.35 bits per heavy atom. The Balaban J connectivity index is 2.18. The van der Waals surface area contributed by atoms with Gasteiger partial charge in [0.15, 0.2) is 0 Å². The Hall–Kier alpha value is -1.35. The zero-order valence-electron chi connectivity index (χ0n) is 12.7. The molecule has 0 unspecified atom stereocenters. The Morgan fingerprint density at radius 2 is 1.80 bits per heavy atom. The number of hydrogen-bond acceptors (Lipinski definition) is 3. The van der Waals surface area contributed by atoms with Crippen LogP contribution in [0.3, 0.4) is 0 Å². The molecule has 0 atom stereocenters. The van der Waals surface area contributed by atoms with Crippen LogP contribution < -0.4 is 5.32 Å². The van der Waals surface area contributed by atoms with Crippen LogP contribution in [0, 0.1) is 5.41 Å². The van der Waals surface area contributed by atoms with Crippen molar-refractivity contribution in [3.05, 3.63) is 35.9 Å². The monoisotopic (exact) mass is 275 g/mol. The van der Waals surface area contributed by atoms with Crippen LogP contribution in [-0.4, -0.2) is 19.1 Å². The first kappa shape index (κ1) is 15.0. The lowest BCUT2D eigenvalue weighted by Crippen LogP contribution is -2.43. The van der Waals surface area contributed by atoms with Gasteiger partial charge < -0.3 is 10.1 Å². The summed E-state index contributed by atoms with van der Waals surface area (Å²) in [6.45, 7) is 7.96. The van der Waals surface area contributed by atoms with Crippen molar-refractivity contribution in [3.63, 3.8) is 0 Å². The van der Waals surface area contributed by atoms with Gasteiger partial charge in [-0.1, -0.05) is 51.1 Å². The van der Waals surface area contributed by atoms with Crippen LogP contribution in [0.1, 0.15) is 45.6 Å². The molecule has 0 aromatic heterocycles. The first-order chi connectivity index (χ1) is 9.41. The number of ether oxygens (including phenoxy) is 1. The maximum atomic E-state index is 12.3. The summed E-state index contributed by atoms with van der Waals surface area (Å²) in [4.78, 5) is 12.3. The van der Waals surface area contributed by atoms with E-state index in [1.54, 1.807) is 0 Å². The van der Waals surface area contributed by atoms with Gasteiger partial charge in [0.25, 0.3) is 0 Å². The van der Waals surface area contributed by atoms with E-state index in [1.807, 2.05) is 18.2 Å². The molecule has 1 aromatic rings. The highest BCUT2D eigenvalue weighted by Gasteiger charge is 2.38. The molecule has 1 N–H and O–H groups in total. The number of piperidine rings is 1. The third kappa shape index (κ3) is 3.83. The average Bonchev–Trinajstić information content (AvgIpc) is 2.38. The Labute approximate surface area is 121 Å². The van der Waals surface area contributed by atoms with Crippen LogP contribution in [-0.2, 0) is 15.1 Å². The average molecular weight is 275 g/mol. The zero-order valence-corrected chi connectivity index (χ0v) is 12.7. The fraction of sp³-hybridized carbons (Fsp3) is 0.588. The first-order valence-electron chi connectivity index (χ1n) is 7.39. The minimum Gasteiger partial charge on any atom is -0.454 e. The van der Waals surface area contributed by atoms with Crippen LogP contribution in [0.2, 0.25) is 0 Å². The molecule has 0 bridgehead atoms. The number of carbonyl (C=O) groups is 1. The summed E-state index contributed by atoms with van der Waals surface area (Å²) in [5.74, 6) is -0.0942. The lowest BCUT2D eigenvalue weighted by Gasteiger charge is -2.38. The molecule has 1 aromatic carbocycles. The number of benzene rings is 1. The number of carbonyl (C=O) groups excluding carboxylic acids is 1. The third-order valence-electron chi connectivity index (χ3n) is 3.69. The minimum atomic E-state index is -0.450. The van der Waals surface area contributed by atoms with Crippen molar-refractivity contribution in [2.75, 3.05) is 13.1 Å². The predicted molar refractivity (Wildman–Crippen MR) is 80.4 cm³/mol. The number of rotatable bonds is 3. The van der Waals surface area contributed by atoms with Gasteiger partial charge in [-0.2, -0.15) is 0 Å². The van der Waals surface area contributed by atoms with Gasteiger partial charge in [0, 0.05) is 12.8 Å². The Morgan fingerprint density at radius 1 is 1.20 bits per heavy atom. The molecule has 2 rings (SSSR count). The Kier molecular flexibility index (Phi) is 4.48. The van der Waals surface area contributed by atoms with Crippen molar-refractivity contribution >= 4 is 5.97 Å². The molecular formula is C17H25NO2. The van der Waals surface area contributed by atoms with Crippen molar-refractivity contribution in [1.29, 1.82) is 0 Å². The largest absolute Gasteiger partial charge is 0.454 e. The summed E-state index contributed by atoms with van der Waals surface area (Å²) in [5.41, 5.74) is 0.625. The van der Waals surface area contributed by atoms with Crippen molar-refractivity contribution in [1.82, 2.24) is 5.32 Å². The van der Waals surface area contributed by atoms with E-state index < -0.39 is 5.60 Å². The van der Waals surface area contributed by atoms with Crippen LogP contribution in [0.25, 0.3) is 0 Å². The minimum absolute atomic E-state index is 0.0398. The lowest BCUT2D eigenvalue weighted by molar-refractivity contribution is -0.166. The quantitative estimate of drug-likeness (QED) is 0.861. The van der Waals surface area contributed by atoms with Gasteiger partial charge in [-0.05, 0) is 24.1 Å². The molecule has 0 radical (unpaired) electrons. The van der Waals surface area contributed by atoms with Gasteiger partial charge in [0.1, 0.15) is 5.60 Å². The van der Waals surface area contributed by atoms with E-state index >= 15 is 0 Å². The maximum absolute atomic E-state index is 12.3. The number of esters is 1. The lowest BCUT2D eigenvalue weighted by atomic mass is 9.84. The van der Waals surface area contributed by atoms with Crippen molar-refractivity contribution in [3.8, 4) is 0 Å². The number of nitrogens with one attached hydrogen (secondary N) is 1. The highest BCUT2D eigenvalue weighted by atomic mass is 16.6. The van der Waals surface area contributed by atoms with Gasteiger partial charge in [-0.15, -0.1) is 0 Å². The van der Waals surface area contributed by atoms with E-state index in [4.69, 9.17) is 4.74 Å². The molecule has 1 fully saturated rings. The summed E-state index contributed by atoms with van der Waals surface area (Å²) in [7, 11) is 0. The molecule has 0 amide bonds. The van der Waals surface area contributed by atoms with E-state index in [2.05, 4.69) is 38.2 Å². The smallest absolute Gasteiger partial charge is 0.307 e. The molecule has 0 aliphatic carbocycles. The van der Waals surface area contributed by atoms with Crippen LogP contribution >= 0.6 is 0 Å². The maximum Gasteiger partial charge on any atom is 0.307 e. The molecule has 20 heavy (non-hydrogen) atoms. The summed E-state index contributed by atoms with van der Waals surface area (Å²) in [5, 5.41) is 3.34. The normalized spacial score (nSPS) is 18.6. The van der Waals surface area contributed by atoms with Gasteiger partial charge in [-0.25, -0.2) is 0 Å². The second kappa shape index (κ2) is 5.96. The Bertz CT molecular complexity index is 442. The molecule has 1 aliphatic heterocycles. The zero-order chi connectivity index (χ0) is 14.6. The van der Waals surface area contributed by atoms with Gasteiger partial charge in [0.05, 0.1) is 6.42 Å². The van der Waals surface area contributed by atoms with Crippen molar-refractivity contribution < 1.29 is 9.53 Å². The summed E-state index contributed by atoms with van der Waals surface area (Å²) < 4.78 is 5.96. The van der Waals surface area contributed by atoms with Crippen molar-refractivity contribution in [2.45, 2.75) is 45.6 Å². The summed E-state index contributed by atoms with van der Waals surface area (Å²) >= 11 is 0. The molecule has 1 heterocycles. The third-order valence-corrected chi connectivity index (χ3v) is 3.69. The van der Waals surface area contributed by atoms with Crippen LogP contribution in [0.4, 0.5) is 0 Å². The van der Waals surface area contributed by atoms with E-state index in [9.17, 15) is 4.79 Å².